The van der Waals surface area contributed by atoms with E-state index < -0.39 is 23.6 Å². The van der Waals surface area contributed by atoms with Gasteiger partial charge in [0.2, 0.25) is 5.91 Å². The van der Waals surface area contributed by atoms with Crippen molar-refractivity contribution >= 4 is 18.0 Å². The van der Waals surface area contributed by atoms with Crippen molar-refractivity contribution in [3.05, 3.63) is 59.7 Å². The Balaban J connectivity index is 1.71. The van der Waals surface area contributed by atoms with E-state index in [1.165, 1.54) is 4.90 Å². The number of hydrogen-bond donors (Lipinski definition) is 2. The largest absolute Gasteiger partial charge is 0.481 e. The van der Waals surface area contributed by atoms with Crippen molar-refractivity contribution in [1.82, 2.24) is 10.2 Å². The second-order valence-corrected chi connectivity index (χ2v) is 10.00. The lowest BCUT2D eigenvalue weighted by atomic mass is 9.98. The van der Waals surface area contributed by atoms with Crippen molar-refractivity contribution in [2.45, 2.75) is 58.5 Å². The minimum absolute atomic E-state index is 0.0628. The fraction of sp³-hybridized carbons (Fsp3) is 0.444. The van der Waals surface area contributed by atoms with Gasteiger partial charge < -0.3 is 20.1 Å². The molecule has 0 heterocycles. The average Bonchev–Trinajstić information content (AvgIpc) is 3.08. The first kappa shape index (κ1) is 25.3. The molecule has 3 rings (SSSR count). The molecular weight excluding hydrogens is 432 g/mol. The third-order valence-corrected chi connectivity index (χ3v) is 6.17. The van der Waals surface area contributed by atoms with Crippen molar-refractivity contribution in [2.24, 2.45) is 5.92 Å². The second kappa shape index (κ2) is 10.3. The van der Waals surface area contributed by atoms with Crippen LogP contribution in [0.3, 0.4) is 0 Å². The number of alkyl carbamates (subject to hydrolysis) is 1. The van der Waals surface area contributed by atoms with Gasteiger partial charge in [-0.05, 0) is 48.9 Å². The minimum atomic E-state index is -0.979. The van der Waals surface area contributed by atoms with Crippen LogP contribution in [0.2, 0.25) is 0 Å². The molecule has 1 unspecified atom stereocenters. The summed E-state index contributed by atoms with van der Waals surface area (Å²) < 4.78 is 5.62. The van der Waals surface area contributed by atoms with Crippen LogP contribution in [0.5, 0.6) is 0 Å². The van der Waals surface area contributed by atoms with Crippen molar-refractivity contribution in [3.63, 3.8) is 0 Å². The number of fused-ring (bicyclic) bond motifs is 3. The Morgan fingerprint density at radius 1 is 1.00 bits per heavy atom. The number of ether oxygens (including phenoxy) is 1. The van der Waals surface area contributed by atoms with Crippen molar-refractivity contribution in [2.75, 3.05) is 13.2 Å². The number of hydrogen-bond acceptors (Lipinski definition) is 4. The Kier molecular flexibility index (Phi) is 7.64. The summed E-state index contributed by atoms with van der Waals surface area (Å²) in [6.45, 7) is 9.43. The van der Waals surface area contributed by atoms with Crippen molar-refractivity contribution in [1.29, 1.82) is 0 Å². The molecule has 0 radical (unpaired) electrons. The summed E-state index contributed by atoms with van der Waals surface area (Å²) in [6, 6.07) is 15.3. The van der Waals surface area contributed by atoms with Crippen LogP contribution in [0.25, 0.3) is 11.1 Å². The van der Waals surface area contributed by atoms with Crippen LogP contribution in [0, 0.1) is 5.92 Å². The van der Waals surface area contributed by atoms with Crippen LogP contribution in [0.15, 0.2) is 48.5 Å². The average molecular weight is 467 g/mol. The van der Waals surface area contributed by atoms with Gasteiger partial charge in [0.05, 0.1) is 6.42 Å². The predicted octanol–water partition coefficient (Wildman–Crippen LogP) is 4.65. The maximum absolute atomic E-state index is 13.3. The minimum Gasteiger partial charge on any atom is -0.481 e. The molecule has 1 aliphatic rings. The van der Waals surface area contributed by atoms with Gasteiger partial charge >= 0.3 is 12.1 Å². The zero-order valence-electron chi connectivity index (χ0n) is 20.5. The van der Waals surface area contributed by atoms with Gasteiger partial charge in [0.1, 0.15) is 12.6 Å². The number of carboxylic acids is 1. The number of nitrogens with one attached hydrogen (secondary N) is 1. The lowest BCUT2D eigenvalue weighted by Crippen LogP contribution is -2.57. The van der Waals surface area contributed by atoms with Crippen molar-refractivity contribution in [3.8, 4) is 11.1 Å². The fourth-order valence-corrected chi connectivity index (χ4v) is 4.43. The Labute approximate surface area is 201 Å². The monoisotopic (exact) mass is 466 g/mol. The quantitative estimate of drug-likeness (QED) is 0.590. The molecule has 2 amide bonds. The van der Waals surface area contributed by atoms with Crippen LogP contribution >= 0.6 is 0 Å². The van der Waals surface area contributed by atoms with E-state index in [-0.39, 0.29) is 37.3 Å². The number of rotatable bonds is 8. The van der Waals surface area contributed by atoms with Gasteiger partial charge in [0.25, 0.3) is 0 Å². The molecule has 1 aliphatic carbocycles. The van der Waals surface area contributed by atoms with E-state index in [0.29, 0.717) is 0 Å². The van der Waals surface area contributed by atoms with Gasteiger partial charge in [-0.2, -0.15) is 0 Å². The molecule has 0 bridgehead atoms. The Hall–Kier alpha value is -3.35. The lowest BCUT2D eigenvalue weighted by Gasteiger charge is -2.38. The highest BCUT2D eigenvalue weighted by Gasteiger charge is 2.35. The Morgan fingerprint density at radius 2 is 1.53 bits per heavy atom. The Morgan fingerprint density at radius 3 is 2.00 bits per heavy atom. The van der Waals surface area contributed by atoms with Crippen LogP contribution < -0.4 is 5.32 Å². The number of nitrogens with zero attached hydrogens (tertiary/aromatic N) is 1. The summed E-state index contributed by atoms with van der Waals surface area (Å²) in [4.78, 5) is 38.7. The summed E-state index contributed by atoms with van der Waals surface area (Å²) in [5, 5.41) is 11.8. The van der Waals surface area contributed by atoms with E-state index in [9.17, 15) is 14.4 Å². The molecule has 0 saturated carbocycles. The smallest absolute Gasteiger partial charge is 0.407 e. The molecule has 7 heteroatoms. The topological polar surface area (TPSA) is 95.9 Å². The molecule has 0 aromatic heterocycles. The molecule has 34 heavy (non-hydrogen) atoms. The molecule has 0 spiro atoms. The number of carbonyl (C=O) groups is 3. The Bertz CT molecular complexity index is 1010. The normalized spacial score (nSPS) is 13.7. The van der Waals surface area contributed by atoms with Crippen LogP contribution in [-0.2, 0) is 14.3 Å². The lowest BCUT2D eigenvalue weighted by molar-refractivity contribution is -0.142. The summed E-state index contributed by atoms with van der Waals surface area (Å²) in [5.74, 6) is -1.58. The van der Waals surface area contributed by atoms with Gasteiger partial charge in [-0.3, -0.25) is 9.59 Å². The van der Waals surface area contributed by atoms with Crippen LogP contribution in [0.4, 0.5) is 4.79 Å². The van der Waals surface area contributed by atoms with Crippen molar-refractivity contribution < 1.29 is 24.2 Å². The van der Waals surface area contributed by atoms with E-state index in [2.05, 4.69) is 17.4 Å². The van der Waals surface area contributed by atoms with E-state index in [1.807, 2.05) is 71.0 Å². The molecule has 0 fully saturated rings. The molecule has 2 N–H and O–H groups in total. The maximum atomic E-state index is 13.3. The highest BCUT2D eigenvalue weighted by atomic mass is 16.5. The van der Waals surface area contributed by atoms with Crippen LogP contribution in [0.1, 0.15) is 58.1 Å². The molecule has 0 aliphatic heterocycles. The van der Waals surface area contributed by atoms with E-state index in [4.69, 9.17) is 9.84 Å². The van der Waals surface area contributed by atoms with Gasteiger partial charge in [-0.1, -0.05) is 62.4 Å². The molecule has 182 valence electrons. The van der Waals surface area contributed by atoms with E-state index in [0.717, 1.165) is 22.3 Å². The van der Waals surface area contributed by atoms with E-state index in [1.54, 1.807) is 0 Å². The highest BCUT2D eigenvalue weighted by Crippen LogP contribution is 2.44. The SMILES string of the molecule is CC(C)C(NC(=O)OCC1c2ccccc2-c2ccccc21)C(=O)N(CCC(=O)O)C(C)(C)C. The van der Waals surface area contributed by atoms with Gasteiger partial charge in [0, 0.05) is 18.0 Å². The first-order valence-corrected chi connectivity index (χ1v) is 11.7. The molecular formula is C27H34N2O5. The predicted molar refractivity (Wildman–Crippen MR) is 131 cm³/mol. The van der Waals surface area contributed by atoms with Gasteiger partial charge in [0.15, 0.2) is 0 Å². The molecule has 1 atom stereocenters. The zero-order chi connectivity index (χ0) is 25.0. The molecule has 2 aromatic rings. The maximum Gasteiger partial charge on any atom is 0.407 e. The fourth-order valence-electron chi connectivity index (χ4n) is 4.43. The summed E-state index contributed by atoms with van der Waals surface area (Å²) >= 11 is 0. The first-order chi connectivity index (χ1) is 16.0. The number of carboxylic acid groups (broad SMARTS) is 1. The zero-order valence-corrected chi connectivity index (χ0v) is 20.5. The number of amides is 2. The van der Waals surface area contributed by atoms with Crippen LogP contribution in [-0.4, -0.2) is 52.7 Å². The molecule has 2 aromatic carbocycles. The number of carbonyl (C=O) groups excluding carboxylic acids is 2. The number of benzene rings is 2. The molecule has 7 nitrogen and oxygen atoms in total. The third kappa shape index (κ3) is 5.58. The highest BCUT2D eigenvalue weighted by molar-refractivity contribution is 5.87. The first-order valence-electron chi connectivity index (χ1n) is 11.7. The summed E-state index contributed by atoms with van der Waals surface area (Å²) in [7, 11) is 0. The second-order valence-electron chi connectivity index (χ2n) is 10.00. The molecule has 0 saturated heterocycles. The summed E-state index contributed by atoms with van der Waals surface area (Å²) in [6.07, 6.45) is -0.834. The van der Waals surface area contributed by atoms with E-state index >= 15 is 0 Å². The third-order valence-electron chi connectivity index (χ3n) is 6.17. The summed E-state index contributed by atoms with van der Waals surface area (Å²) in [5.41, 5.74) is 3.91. The number of aliphatic carboxylic acids is 1. The van der Waals surface area contributed by atoms with Gasteiger partial charge in [-0.15, -0.1) is 0 Å². The standard InChI is InChI=1S/C27H34N2O5/c1-17(2)24(25(32)29(27(3,4)5)15-14-23(30)31)28-26(33)34-16-22-20-12-8-6-10-18(20)19-11-7-9-13-21(19)22/h6-13,17,22,24H,14-16H2,1-5H3,(H,28,33)(H,30,31). The van der Waals surface area contributed by atoms with Gasteiger partial charge in [-0.25, -0.2) is 4.79 Å².